The molecular formula is C41H27N. The van der Waals surface area contributed by atoms with Crippen LogP contribution in [-0.2, 0) is 0 Å². The third kappa shape index (κ3) is 4.06. The van der Waals surface area contributed by atoms with Crippen LogP contribution in [0.2, 0.25) is 0 Å². The van der Waals surface area contributed by atoms with E-state index in [0.29, 0.717) is 0 Å². The molecule has 1 heteroatoms. The molecule has 0 aliphatic carbocycles. The molecular weight excluding hydrogens is 506 g/mol. The molecule has 0 saturated carbocycles. The average molecular weight is 534 g/mol. The Morgan fingerprint density at radius 3 is 1.60 bits per heavy atom. The Morgan fingerprint density at radius 1 is 0.333 bits per heavy atom. The van der Waals surface area contributed by atoms with Gasteiger partial charge < -0.3 is 0 Å². The fraction of sp³-hybridized carbons (Fsp3) is 0. The molecule has 8 aromatic rings. The first-order chi connectivity index (χ1) is 20.8. The van der Waals surface area contributed by atoms with Crippen LogP contribution < -0.4 is 0 Å². The van der Waals surface area contributed by atoms with Gasteiger partial charge in [-0.25, -0.2) is 4.98 Å². The molecule has 8 rings (SSSR count). The summed E-state index contributed by atoms with van der Waals surface area (Å²) in [5.74, 6) is 0. The van der Waals surface area contributed by atoms with Crippen LogP contribution >= 0.6 is 0 Å². The van der Waals surface area contributed by atoms with Crippen molar-refractivity contribution in [2.75, 3.05) is 0 Å². The summed E-state index contributed by atoms with van der Waals surface area (Å²) in [6.45, 7) is 0. The van der Waals surface area contributed by atoms with Crippen LogP contribution in [0.15, 0.2) is 164 Å². The van der Waals surface area contributed by atoms with Gasteiger partial charge in [-0.05, 0) is 73.1 Å². The maximum Gasteiger partial charge on any atom is 0.0715 e. The zero-order valence-corrected chi connectivity index (χ0v) is 23.0. The van der Waals surface area contributed by atoms with E-state index in [1.165, 1.54) is 54.9 Å². The number of benzene rings is 7. The number of rotatable bonds is 4. The van der Waals surface area contributed by atoms with Crippen molar-refractivity contribution in [2.45, 2.75) is 0 Å². The first-order valence-electron chi connectivity index (χ1n) is 14.4. The van der Waals surface area contributed by atoms with Gasteiger partial charge in [-0.2, -0.15) is 0 Å². The fourth-order valence-electron chi connectivity index (χ4n) is 6.35. The highest BCUT2D eigenvalue weighted by Gasteiger charge is 2.18. The summed E-state index contributed by atoms with van der Waals surface area (Å²) < 4.78 is 0. The SMILES string of the molecule is c1ccc(-c2c3ccccc3c(-c3ccccc3)c3cc(-c4ccccc4-c4ccc5ccccc5n4)ccc23)cc1. The quantitative estimate of drug-likeness (QED) is 0.205. The van der Waals surface area contributed by atoms with E-state index >= 15 is 0 Å². The van der Waals surface area contributed by atoms with Gasteiger partial charge in [0.2, 0.25) is 0 Å². The maximum atomic E-state index is 5.05. The highest BCUT2D eigenvalue weighted by Crippen LogP contribution is 2.45. The number of aromatic nitrogens is 1. The molecule has 0 fully saturated rings. The fourth-order valence-corrected chi connectivity index (χ4v) is 6.35. The Bertz CT molecular complexity index is 2230. The molecule has 196 valence electrons. The highest BCUT2D eigenvalue weighted by atomic mass is 14.7. The summed E-state index contributed by atoms with van der Waals surface area (Å²) in [6.07, 6.45) is 0. The van der Waals surface area contributed by atoms with Gasteiger partial charge in [-0.1, -0.05) is 146 Å². The molecule has 0 aliphatic rings. The normalized spacial score (nSPS) is 11.3. The molecule has 0 unspecified atom stereocenters. The Labute approximate surface area is 245 Å². The van der Waals surface area contributed by atoms with E-state index in [1.807, 2.05) is 6.07 Å². The number of para-hydroxylation sites is 1. The summed E-state index contributed by atoms with van der Waals surface area (Å²) in [4.78, 5) is 5.05. The summed E-state index contributed by atoms with van der Waals surface area (Å²) >= 11 is 0. The molecule has 0 atom stereocenters. The zero-order chi connectivity index (χ0) is 27.9. The van der Waals surface area contributed by atoms with E-state index in [2.05, 4.69) is 158 Å². The third-order valence-electron chi connectivity index (χ3n) is 8.26. The van der Waals surface area contributed by atoms with Gasteiger partial charge in [-0.3, -0.25) is 0 Å². The van der Waals surface area contributed by atoms with E-state index in [9.17, 15) is 0 Å². The minimum atomic E-state index is 0.983. The first-order valence-corrected chi connectivity index (χ1v) is 14.4. The summed E-state index contributed by atoms with van der Waals surface area (Å²) in [6, 6.07) is 58.6. The van der Waals surface area contributed by atoms with Crippen molar-refractivity contribution in [3.05, 3.63) is 164 Å². The highest BCUT2D eigenvalue weighted by molar-refractivity contribution is 6.22. The van der Waals surface area contributed by atoms with Crippen LogP contribution in [0.1, 0.15) is 0 Å². The second-order valence-electron chi connectivity index (χ2n) is 10.7. The number of fused-ring (bicyclic) bond motifs is 3. The van der Waals surface area contributed by atoms with Gasteiger partial charge in [0.15, 0.2) is 0 Å². The lowest BCUT2D eigenvalue weighted by Crippen LogP contribution is -1.93. The van der Waals surface area contributed by atoms with Crippen LogP contribution in [0.25, 0.3) is 77.1 Å². The van der Waals surface area contributed by atoms with Crippen molar-refractivity contribution in [1.29, 1.82) is 0 Å². The van der Waals surface area contributed by atoms with Crippen LogP contribution in [-0.4, -0.2) is 4.98 Å². The van der Waals surface area contributed by atoms with Gasteiger partial charge >= 0.3 is 0 Å². The zero-order valence-electron chi connectivity index (χ0n) is 23.0. The minimum Gasteiger partial charge on any atom is -0.248 e. The van der Waals surface area contributed by atoms with Crippen molar-refractivity contribution < 1.29 is 0 Å². The monoisotopic (exact) mass is 533 g/mol. The van der Waals surface area contributed by atoms with Crippen molar-refractivity contribution in [3.8, 4) is 44.6 Å². The van der Waals surface area contributed by atoms with Crippen molar-refractivity contribution in [2.24, 2.45) is 0 Å². The molecule has 0 aliphatic heterocycles. The summed E-state index contributed by atoms with van der Waals surface area (Å²) in [5, 5.41) is 6.18. The smallest absolute Gasteiger partial charge is 0.0715 e. The topological polar surface area (TPSA) is 12.9 Å². The predicted octanol–water partition coefficient (Wildman–Crippen LogP) is 11.2. The second-order valence-corrected chi connectivity index (χ2v) is 10.7. The van der Waals surface area contributed by atoms with E-state index in [1.54, 1.807) is 0 Å². The average Bonchev–Trinajstić information content (AvgIpc) is 3.07. The molecule has 1 nitrogen and oxygen atoms in total. The van der Waals surface area contributed by atoms with Crippen molar-refractivity contribution in [3.63, 3.8) is 0 Å². The predicted molar refractivity (Wildman–Crippen MR) is 178 cm³/mol. The first kappa shape index (κ1) is 24.3. The Kier molecular flexibility index (Phi) is 5.86. The molecule has 0 bridgehead atoms. The van der Waals surface area contributed by atoms with Crippen LogP contribution in [0, 0.1) is 0 Å². The molecule has 0 N–H and O–H groups in total. The number of hydrogen-bond acceptors (Lipinski definition) is 1. The molecule has 0 saturated heterocycles. The second kappa shape index (κ2) is 10.1. The van der Waals surface area contributed by atoms with Gasteiger partial charge in [0.1, 0.15) is 0 Å². The lowest BCUT2D eigenvalue weighted by Gasteiger charge is -2.19. The van der Waals surface area contributed by atoms with Crippen LogP contribution in [0.5, 0.6) is 0 Å². The molecule has 0 radical (unpaired) electrons. The summed E-state index contributed by atoms with van der Waals surface area (Å²) in [5.41, 5.74) is 10.5. The Balaban J connectivity index is 1.44. The molecule has 7 aromatic carbocycles. The number of pyridine rings is 1. The molecule has 42 heavy (non-hydrogen) atoms. The van der Waals surface area contributed by atoms with Gasteiger partial charge in [0.05, 0.1) is 11.2 Å². The summed E-state index contributed by atoms with van der Waals surface area (Å²) in [7, 11) is 0. The van der Waals surface area contributed by atoms with E-state index in [0.717, 1.165) is 22.2 Å². The number of nitrogens with zero attached hydrogens (tertiary/aromatic N) is 1. The van der Waals surface area contributed by atoms with Crippen molar-refractivity contribution >= 4 is 32.4 Å². The van der Waals surface area contributed by atoms with Gasteiger partial charge in [-0.15, -0.1) is 0 Å². The molecule has 1 heterocycles. The maximum absolute atomic E-state index is 5.05. The molecule has 0 amide bonds. The van der Waals surface area contributed by atoms with Gasteiger partial charge in [0, 0.05) is 10.9 Å². The molecule has 1 aromatic heterocycles. The van der Waals surface area contributed by atoms with Crippen LogP contribution in [0.3, 0.4) is 0 Å². The lowest BCUT2D eigenvalue weighted by atomic mass is 9.84. The Morgan fingerprint density at radius 2 is 0.881 bits per heavy atom. The van der Waals surface area contributed by atoms with Crippen molar-refractivity contribution in [1.82, 2.24) is 4.98 Å². The molecule has 0 spiro atoms. The van der Waals surface area contributed by atoms with Crippen LogP contribution in [0.4, 0.5) is 0 Å². The van der Waals surface area contributed by atoms with E-state index < -0.39 is 0 Å². The van der Waals surface area contributed by atoms with Gasteiger partial charge in [0.25, 0.3) is 0 Å². The van der Waals surface area contributed by atoms with E-state index in [-0.39, 0.29) is 0 Å². The van der Waals surface area contributed by atoms with E-state index in [4.69, 9.17) is 4.98 Å². The Hall–Kier alpha value is -5.53. The third-order valence-corrected chi connectivity index (χ3v) is 8.26. The minimum absolute atomic E-state index is 0.983. The lowest BCUT2D eigenvalue weighted by molar-refractivity contribution is 1.40. The largest absolute Gasteiger partial charge is 0.248 e. The number of hydrogen-bond donors (Lipinski definition) is 0. The standard InChI is InChI=1S/C41H27N/c1-3-14-29(15-4-1)40-34-20-10-11-21-35(34)41(30-16-5-2-6-17-30)37-27-31(23-25-36(37)40)32-18-8-9-19-33(32)39-26-24-28-13-7-12-22-38(28)42-39/h1-27H.